The van der Waals surface area contributed by atoms with Crippen LogP contribution in [-0.2, 0) is 0 Å². The predicted molar refractivity (Wildman–Crippen MR) is 33.8 cm³/mol. The molecule has 0 fully saturated rings. The molecule has 0 bridgehead atoms. The predicted octanol–water partition coefficient (Wildman–Crippen LogP) is 2.50. The van der Waals surface area contributed by atoms with Gasteiger partial charge in [0.1, 0.15) is 0 Å². The minimum Gasteiger partial charge on any atom is -0.195 e. The summed E-state index contributed by atoms with van der Waals surface area (Å²) in [7, 11) is 0. The average Bonchev–Trinajstić information content (AvgIpc) is 1.98. The van der Waals surface area contributed by atoms with Crippen molar-refractivity contribution in [2.75, 3.05) is 0 Å². The molecule has 2 heteroatoms. The van der Waals surface area contributed by atoms with E-state index >= 15 is 0 Å². The smallest absolute Gasteiger partial charge is 0.179 e. The molecule has 44 valence electrons. The lowest BCUT2D eigenvalue weighted by Crippen LogP contribution is -1.71. The largest absolute Gasteiger partial charge is 0.195 e. The zero-order valence-electron chi connectivity index (χ0n) is 4.86. The van der Waals surface area contributed by atoms with E-state index in [1.165, 1.54) is 0 Å². The molecule has 1 aromatic rings. The first-order chi connectivity index (χ1) is 3.72. The van der Waals surface area contributed by atoms with E-state index < -0.39 is 0 Å². The second kappa shape index (κ2) is 1.86. The first-order valence-electron chi connectivity index (χ1n) is 2.42. The Bertz CT molecular complexity index is 171. The molecule has 8 heavy (non-hydrogen) atoms. The van der Waals surface area contributed by atoms with Gasteiger partial charge < -0.3 is 0 Å². The molecule has 0 spiro atoms. The molecule has 0 aliphatic rings. The van der Waals surface area contributed by atoms with E-state index in [1.54, 1.807) is 6.92 Å². The lowest BCUT2D eigenvalue weighted by molar-refractivity contribution is 0.647. The first kappa shape index (κ1) is 5.76. The average molecular weight is 130 g/mol. The third kappa shape index (κ3) is 0.757. The van der Waals surface area contributed by atoms with E-state index in [-0.39, 0.29) is 5.13 Å². The van der Waals surface area contributed by atoms with Gasteiger partial charge in [0.05, 0.1) is 0 Å². The highest BCUT2D eigenvalue weighted by Gasteiger charge is 1.99. The van der Waals surface area contributed by atoms with E-state index in [2.05, 4.69) is 0 Å². The van der Waals surface area contributed by atoms with Crippen molar-refractivity contribution in [3.8, 4) is 0 Å². The van der Waals surface area contributed by atoms with Crippen molar-refractivity contribution in [2.45, 2.75) is 13.8 Å². The van der Waals surface area contributed by atoms with E-state index in [0.29, 0.717) is 0 Å². The molecule has 1 rings (SSSR count). The van der Waals surface area contributed by atoms with Gasteiger partial charge in [-0.15, -0.1) is 11.3 Å². The monoisotopic (exact) mass is 130 g/mol. The summed E-state index contributed by atoms with van der Waals surface area (Å²) in [6, 6.07) is 0. The molecule has 0 atom stereocenters. The molecule has 0 saturated heterocycles. The van der Waals surface area contributed by atoms with Crippen molar-refractivity contribution in [3.63, 3.8) is 0 Å². The molecule has 0 aromatic carbocycles. The zero-order chi connectivity index (χ0) is 6.15. The molecule has 0 N–H and O–H groups in total. The number of halogens is 1. The maximum Gasteiger partial charge on any atom is 0.179 e. The van der Waals surface area contributed by atoms with Crippen molar-refractivity contribution in [1.29, 1.82) is 0 Å². The van der Waals surface area contributed by atoms with Gasteiger partial charge in [-0.1, -0.05) is 0 Å². The number of hydrogen-bond acceptors (Lipinski definition) is 1. The van der Waals surface area contributed by atoms with Gasteiger partial charge in [-0.25, -0.2) is 0 Å². The quantitative estimate of drug-likeness (QED) is 0.506. The molecule has 0 aliphatic carbocycles. The molecule has 0 saturated carbocycles. The molecule has 0 nitrogen and oxygen atoms in total. The summed E-state index contributed by atoms with van der Waals surface area (Å²) < 4.78 is 12.4. The highest BCUT2D eigenvalue weighted by molar-refractivity contribution is 7.08. The van der Waals surface area contributed by atoms with E-state index in [0.717, 1.165) is 22.5 Å². The molecule has 0 aliphatic heterocycles. The van der Waals surface area contributed by atoms with Crippen LogP contribution in [0.4, 0.5) is 4.39 Å². The summed E-state index contributed by atoms with van der Waals surface area (Å²) in [6.45, 7) is 3.70. The number of hydrogen-bond donors (Lipinski definition) is 0. The van der Waals surface area contributed by atoms with Crippen molar-refractivity contribution in [3.05, 3.63) is 21.6 Å². The minimum absolute atomic E-state index is 0.0532. The first-order valence-corrected chi connectivity index (χ1v) is 3.30. The van der Waals surface area contributed by atoms with Gasteiger partial charge in [-0.05, 0) is 30.4 Å². The SMILES string of the molecule is Cc1csc(F)c1C. The van der Waals surface area contributed by atoms with Gasteiger partial charge in [0, 0.05) is 0 Å². The van der Waals surface area contributed by atoms with Crippen LogP contribution >= 0.6 is 11.3 Å². The Kier molecular flexibility index (Phi) is 1.34. The highest BCUT2D eigenvalue weighted by atomic mass is 32.1. The molecule has 1 heterocycles. The second-order valence-corrected chi connectivity index (χ2v) is 2.65. The number of thiophene rings is 1. The molecular formula is C6H7FS. The molecule has 1 aromatic heterocycles. The van der Waals surface area contributed by atoms with Crippen LogP contribution in [0.3, 0.4) is 0 Å². The lowest BCUT2D eigenvalue weighted by Gasteiger charge is -1.83. The Hall–Kier alpha value is -0.370. The van der Waals surface area contributed by atoms with Gasteiger partial charge in [-0.3, -0.25) is 0 Å². The normalized spacial score (nSPS) is 9.88. The topological polar surface area (TPSA) is 0 Å². The Morgan fingerprint density at radius 2 is 2.12 bits per heavy atom. The number of rotatable bonds is 0. The second-order valence-electron chi connectivity index (χ2n) is 1.82. The van der Waals surface area contributed by atoms with Crippen LogP contribution in [0.1, 0.15) is 11.1 Å². The van der Waals surface area contributed by atoms with Crippen LogP contribution in [0, 0.1) is 19.0 Å². The summed E-state index contributed by atoms with van der Waals surface area (Å²) in [5.41, 5.74) is 1.84. The number of aryl methyl sites for hydroxylation is 1. The van der Waals surface area contributed by atoms with Crippen LogP contribution in [0.2, 0.25) is 0 Å². The Morgan fingerprint density at radius 1 is 1.50 bits per heavy atom. The molecule has 0 unspecified atom stereocenters. The van der Waals surface area contributed by atoms with E-state index in [1.807, 2.05) is 12.3 Å². The summed E-state index contributed by atoms with van der Waals surface area (Å²) >= 11 is 1.16. The summed E-state index contributed by atoms with van der Waals surface area (Å²) in [5.74, 6) is 0. The fourth-order valence-electron chi connectivity index (χ4n) is 0.472. The summed E-state index contributed by atoms with van der Waals surface area (Å²) in [6.07, 6.45) is 0. The fraction of sp³-hybridized carbons (Fsp3) is 0.333. The maximum atomic E-state index is 12.4. The standard InChI is InChI=1S/C6H7FS/c1-4-3-8-6(7)5(4)2/h3H,1-2H3. The Balaban J connectivity index is 3.19. The van der Waals surface area contributed by atoms with Crippen LogP contribution in [0.25, 0.3) is 0 Å². The summed E-state index contributed by atoms with van der Waals surface area (Å²) in [5, 5.41) is 1.77. The van der Waals surface area contributed by atoms with Gasteiger partial charge in [0.2, 0.25) is 0 Å². The van der Waals surface area contributed by atoms with Crippen molar-refractivity contribution in [2.24, 2.45) is 0 Å². The molecular weight excluding hydrogens is 123 g/mol. The maximum absolute atomic E-state index is 12.4. The van der Waals surface area contributed by atoms with Crippen molar-refractivity contribution < 1.29 is 4.39 Å². The Morgan fingerprint density at radius 3 is 2.25 bits per heavy atom. The molecule has 0 amide bonds. The molecule has 0 radical (unpaired) electrons. The summed E-state index contributed by atoms with van der Waals surface area (Å²) in [4.78, 5) is 0. The Labute approximate surface area is 52.0 Å². The fourth-order valence-corrected chi connectivity index (χ4v) is 1.27. The highest BCUT2D eigenvalue weighted by Crippen LogP contribution is 2.17. The third-order valence-corrected chi connectivity index (χ3v) is 2.21. The van der Waals surface area contributed by atoms with E-state index in [4.69, 9.17) is 0 Å². The third-order valence-electron chi connectivity index (χ3n) is 1.23. The van der Waals surface area contributed by atoms with Gasteiger partial charge in [-0.2, -0.15) is 4.39 Å². The van der Waals surface area contributed by atoms with E-state index in [9.17, 15) is 4.39 Å². The lowest BCUT2D eigenvalue weighted by atomic mass is 10.2. The van der Waals surface area contributed by atoms with Crippen molar-refractivity contribution in [1.82, 2.24) is 0 Å². The van der Waals surface area contributed by atoms with Crippen molar-refractivity contribution >= 4 is 11.3 Å². The minimum atomic E-state index is -0.0532. The van der Waals surface area contributed by atoms with Crippen LogP contribution in [0.5, 0.6) is 0 Å². The van der Waals surface area contributed by atoms with Gasteiger partial charge in [0.15, 0.2) is 5.13 Å². The van der Waals surface area contributed by atoms with Crippen LogP contribution in [-0.4, -0.2) is 0 Å². The van der Waals surface area contributed by atoms with Gasteiger partial charge >= 0.3 is 0 Å². The van der Waals surface area contributed by atoms with Gasteiger partial charge in [0.25, 0.3) is 0 Å². The van der Waals surface area contributed by atoms with Crippen LogP contribution in [0.15, 0.2) is 5.38 Å². The zero-order valence-corrected chi connectivity index (χ0v) is 5.68. The van der Waals surface area contributed by atoms with Crippen LogP contribution < -0.4 is 0 Å².